The average molecular weight is 332 g/mol. The number of carbonyl (C=O) groups is 1. The second kappa shape index (κ2) is 4.90. The molecule has 4 heteroatoms. The van der Waals surface area contributed by atoms with Gasteiger partial charge in [0, 0.05) is 22.2 Å². The highest BCUT2D eigenvalue weighted by molar-refractivity contribution is 5.96. The number of carbonyl (C=O) groups excluding carboxylic acids is 1. The largest absolute Gasteiger partial charge is 0.390 e. The lowest BCUT2D eigenvalue weighted by atomic mass is 9.44. The average Bonchev–Trinajstić information content (AvgIpc) is 2.52. The van der Waals surface area contributed by atoms with Gasteiger partial charge in [0.1, 0.15) is 6.10 Å². The predicted molar refractivity (Wildman–Crippen MR) is 92.1 cm³/mol. The molecule has 3 rings (SSSR count). The second-order valence-electron chi connectivity index (χ2n) is 8.78. The van der Waals surface area contributed by atoms with Crippen LogP contribution >= 0.6 is 0 Å². The van der Waals surface area contributed by atoms with Gasteiger partial charge in [0.05, 0.1) is 11.7 Å². The molecule has 0 saturated heterocycles. The van der Waals surface area contributed by atoms with E-state index in [1.54, 1.807) is 19.9 Å². The Hall–Kier alpha value is -1.23. The van der Waals surface area contributed by atoms with Crippen molar-refractivity contribution in [2.75, 3.05) is 0 Å². The monoisotopic (exact) mass is 332 g/mol. The molecule has 6 unspecified atom stereocenters. The van der Waals surface area contributed by atoms with Crippen molar-refractivity contribution in [1.29, 1.82) is 0 Å². The quantitative estimate of drug-likeness (QED) is 0.643. The fraction of sp³-hybridized carbons (Fsp3) is 0.650. The number of allylic oxidation sites excluding steroid dienone is 3. The Balaban J connectivity index is 2.25. The van der Waals surface area contributed by atoms with Gasteiger partial charge in [0.25, 0.3) is 0 Å². The van der Waals surface area contributed by atoms with Crippen LogP contribution in [-0.2, 0) is 4.79 Å². The number of hydrogen-bond acceptors (Lipinski definition) is 4. The first-order valence-corrected chi connectivity index (χ1v) is 8.62. The molecule has 6 atom stereocenters. The summed E-state index contributed by atoms with van der Waals surface area (Å²) in [5.41, 5.74) is -2.83. The molecule has 0 aliphatic heterocycles. The summed E-state index contributed by atoms with van der Waals surface area (Å²) in [6.07, 6.45) is 5.79. The summed E-state index contributed by atoms with van der Waals surface area (Å²) in [4.78, 5) is 12.4. The van der Waals surface area contributed by atoms with E-state index in [1.807, 2.05) is 26.0 Å². The lowest BCUT2D eigenvalue weighted by molar-refractivity contribution is -0.193. The summed E-state index contributed by atoms with van der Waals surface area (Å²) < 4.78 is 0. The highest BCUT2D eigenvalue weighted by Crippen LogP contribution is 2.62. The molecule has 0 aromatic heterocycles. The third-order valence-corrected chi connectivity index (χ3v) is 6.97. The molecule has 0 bridgehead atoms. The summed E-state index contributed by atoms with van der Waals surface area (Å²) in [6, 6.07) is 0. The van der Waals surface area contributed by atoms with Gasteiger partial charge in [-0.05, 0) is 24.5 Å². The van der Waals surface area contributed by atoms with Gasteiger partial charge in [-0.1, -0.05) is 45.9 Å². The molecule has 0 aromatic carbocycles. The van der Waals surface area contributed by atoms with Crippen molar-refractivity contribution >= 4 is 5.78 Å². The predicted octanol–water partition coefficient (Wildman–Crippen LogP) is 2.15. The van der Waals surface area contributed by atoms with Gasteiger partial charge in [-0.15, -0.1) is 6.58 Å². The molecule has 0 heterocycles. The highest BCUT2D eigenvalue weighted by Gasteiger charge is 2.67. The van der Waals surface area contributed by atoms with E-state index in [9.17, 15) is 20.1 Å². The van der Waals surface area contributed by atoms with Crippen molar-refractivity contribution in [1.82, 2.24) is 0 Å². The molecule has 0 aromatic rings. The number of aliphatic hydroxyl groups excluding tert-OH is 2. The van der Waals surface area contributed by atoms with Crippen LogP contribution in [-0.4, -0.2) is 38.9 Å². The molecule has 3 aliphatic rings. The van der Waals surface area contributed by atoms with Crippen molar-refractivity contribution in [3.63, 3.8) is 0 Å². The van der Waals surface area contributed by atoms with E-state index in [1.165, 1.54) is 6.08 Å². The Kier molecular flexibility index (Phi) is 3.59. The third kappa shape index (κ3) is 1.94. The van der Waals surface area contributed by atoms with Gasteiger partial charge in [-0.2, -0.15) is 0 Å². The molecule has 24 heavy (non-hydrogen) atoms. The minimum atomic E-state index is -1.28. The maximum Gasteiger partial charge on any atom is 0.161 e. The third-order valence-electron chi connectivity index (χ3n) is 6.97. The molecule has 1 fully saturated rings. The Morgan fingerprint density at radius 1 is 1.21 bits per heavy atom. The first-order chi connectivity index (χ1) is 10.9. The minimum Gasteiger partial charge on any atom is -0.390 e. The summed E-state index contributed by atoms with van der Waals surface area (Å²) in [6.45, 7) is 11.3. The molecule has 0 radical (unpaired) electrons. The van der Waals surface area contributed by atoms with Gasteiger partial charge in [0.15, 0.2) is 5.78 Å². The maximum atomic E-state index is 12.4. The van der Waals surface area contributed by atoms with Gasteiger partial charge in [-0.25, -0.2) is 0 Å². The van der Waals surface area contributed by atoms with Crippen LogP contribution in [0.25, 0.3) is 0 Å². The second-order valence-corrected chi connectivity index (χ2v) is 8.78. The topological polar surface area (TPSA) is 77.8 Å². The summed E-state index contributed by atoms with van der Waals surface area (Å²) >= 11 is 0. The molecule has 0 spiro atoms. The van der Waals surface area contributed by atoms with E-state index in [4.69, 9.17) is 0 Å². The molecule has 0 amide bonds. The van der Waals surface area contributed by atoms with E-state index in [2.05, 4.69) is 6.58 Å². The molecular formula is C20H28O4. The summed E-state index contributed by atoms with van der Waals surface area (Å²) in [5, 5.41) is 33.3. The van der Waals surface area contributed by atoms with Gasteiger partial charge >= 0.3 is 0 Å². The number of aliphatic hydroxyl groups is 3. The van der Waals surface area contributed by atoms with Crippen LogP contribution < -0.4 is 0 Å². The lowest BCUT2D eigenvalue weighted by Gasteiger charge is -2.63. The van der Waals surface area contributed by atoms with Crippen molar-refractivity contribution < 1.29 is 20.1 Å². The zero-order valence-electron chi connectivity index (χ0n) is 14.9. The number of hydrogen-bond donors (Lipinski definition) is 3. The fourth-order valence-corrected chi connectivity index (χ4v) is 5.23. The van der Waals surface area contributed by atoms with E-state index in [-0.39, 0.29) is 11.2 Å². The Labute approximate surface area is 143 Å². The number of ketones is 1. The highest BCUT2D eigenvalue weighted by atomic mass is 16.3. The van der Waals surface area contributed by atoms with Crippen LogP contribution in [0.4, 0.5) is 0 Å². The number of fused-ring (bicyclic) bond motifs is 3. The van der Waals surface area contributed by atoms with Crippen LogP contribution in [0.1, 0.15) is 40.5 Å². The first-order valence-electron chi connectivity index (χ1n) is 8.62. The van der Waals surface area contributed by atoms with Crippen molar-refractivity contribution in [2.45, 2.75) is 58.3 Å². The molecule has 132 valence electrons. The van der Waals surface area contributed by atoms with Crippen molar-refractivity contribution in [2.24, 2.45) is 22.2 Å². The zero-order chi connectivity index (χ0) is 18.1. The van der Waals surface area contributed by atoms with Crippen LogP contribution in [0, 0.1) is 22.2 Å². The van der Waals surface area contributed by atoms with Crippen LogP contribution in [0.5, 0.6) is 0 Å². The van der Waals surface area contributed by atoms with E-state index >= 15 is 0 Å². The molecule has 1 saturated carbocycles. The van der Waals surface area contributed by atoms with E-state index in [0.29, 0.717) is 18.4 Å². The molecular weight excluding hydrogens is 304 g/mol. The summed E-state index contributed by atoms with van der Waals surface area (Å²) in [5.74, 6) is -0.647. The van der Waals surface area contributed by atoms with Crippen molar-refractivity contribution in [3.05, 3.63) is 36.5 Å². The smallest absolute Gasteiger partial charge is 0.161 e. The Morgan fingerprint density at radius 2 is 1.83 bits per heavy atom. The van der Waals surface area contributed by atoms with E-state index in [0.717, 1.165) is 0 Å². The normalized spacial score (nSPS) is 49.9. The first kappa shape index (κ1) is 17.6. The lowest BCUT2D eigenvalue weighted by Crippen LogP contribution is -2.69. The zero-order valence-corrected chi connectivity index (χ0v) is 14.9. The summed E-state index contributed by atoms with van der Waals surface area (Å²) in [7, 11) is 0. The van der Waals surface area contributed by atoms with Crippen LogP contribution in [0.2, 0.25) is 0 Å². The van der Waals surface area contributed by atoms with Gasteiger partial charge in [0.2, 0.25) is 0 Å². The van der Waals surface area contributed by atoms with Gasteiger partial charge in [-0.3, -0.25) is 4.79 Å². The minimum absolute atomic E-state index is 0.0843. The SMILES string of the molecule is C=CC1(C)C=C2C(O)C(O)C3C(C)(C)C(=O)C=CC3(C)C2(O)CC1. The van der Waals surface area contributed by atoms with Crippen LogP contribution in [0.15, 0.2) is 36.5 Å². The Bertz CT molecular complexity index is 661. The van der Waals surface area contributed by atoms with E-state index < -0.39 is 34.6 Å². The molecule has 4 nitrogen and oxygen atoms in total. The number of rotatable bonds is 1. The fourth-order valence-electron chi connectivity index (χ4n) is 5.23. The standard InChI is InChI=1S/C20H28O4/c1-6-18(4)9-10-20(24)12(11-18)14(22)15(23)16-17(2,3)13(21)7-8-19(16,20)5/h6-8,11,14-16,22-24H,1,9-10H2,2-5H3. The van der Waals surface area contributed by atoms with Crippen LogP contribution in [0.3, 0.4) is 0 Å². The van der Waals surface area contributed by atoms with Gasteiger partial charge < -0.3 is 15.3 Å². The maximum absolute atomic E-state index is 12.4. The molecule has 3 N–H and O–H groups in total. The van der Waals surface area contributed by atoms with Crippen molar-refractivity contribution in [3.8, 4) is 0 Å². The molecule has 3 aliphatic carbocycles. The Morgan fingerprint density at radius 3 is 2.42 bits per heavy atom.